The standard InChI is InChI=1S/C18H25N5O3/c1-9(2)20-16-15-12(7-14(22-16)10(3)24)8-19-18(23-15)21-13-5-4-11(6-13)17(25)26/h7-11,13,24H,4-6H2,1-3H3,(H,20,22)(H,25,26)(H,19,21,23)/t10?,11-,13+/m0/s1. The number of nitrogens with one attached hydrogen (secondary N) is 2. The molecule has 4 N–H and O–H groups in total. The first kappa shape index (κ1) is 18.3. The summed E-state index contributed by atoms with van der Waals surface area (Å²) in [7, 11) is 0. The average molecular weight is 359 g/mol. The molecule has 0 bridgehead atoms. The van der Waals surface area contributed by atoms with Crippen LogP contribution in [0.5, 0.6) is 0 Å². The Morgan fingerprint density at radius 1 is 1.27 bits per heavy atom. The summed E-state index contributed by atoms with van der Waals surface area (Å²) in [5.74, 6) is 0.0222. The quantitative estimate of drug-likeness (QED) is 0.621. The predicted molar refractivity (Wildman–Crippen MR) is 99.1 cm³/mol. The molecule has 1 aliphatic carbocycles. The topological polar surface area (TPSA) is 120 Å². The van der Waals surface area contributed by atoms with Crippen molar-refractivity contribution in [1.82, 2.24) is 15.0 Å². The largest absolute Gasteiger partial charge is 0.481 e. The van der Waals surface area contributed by atoms with Crippen molar-refractivity contribution in [2.45, 2.75) is 58.2 Å². The number of hydrogen-bond acceptors (Lipinski definition) is 7. The summed E-state index contributed by atoms with van der Waals surface area (Å²) >= 11 is 0. The average Bonchev–Trinajstić information content (AvgIpc) is 3.03. The van der Waals surface area contributed by atoms with Crippen molar-refractivity contribution >= 4 is 28.6 Å². The second kappa shape index (κ2) is 7.41. The second-order valence-electron chi connectivity index (χ2n) is 7.19. The van der Waals surface area contributed by atoms with Gasteiger partial charge in [0.05, 0.1) is 17.7 Å². The van der Waals surface area contributed by atoms with E-state index in [-0.39, 0.29) is 18.0 Å². The van der Waals surface area contributed by atoms with Crippen LogP contribution in [0, 0.1) is 5.92 Å². The smallest absolute Gasteiger partial charge is 0.306 e. The molecule has 0 radical (unpaired) electrons. The number of carbonyl (C=O) groups is 1. The van der Waals surface area contributed by atoms with Gasteiger partial charge in [-0.25, -0.2) is 15.0 Å². The highest BCUT2D eigenvalue weighted by molar-refractivity contribution is 5.89. The van der Waals surface area contributed by atoms with E-state index in [1.807, 2.05) is 13.8 Å². The number of aliphatic carboxylic acids is 1. The number of anilines is 2. The van der Waals surface area contributed by atoms with Crippen LogP contribution in [0.25, 0.3) is 10.9 Å². The first-order valence-corrected chi connectivity index (χ1v) is 8.95. The molecule has 3 atom stereocenters. The van der Waals surface area contributed by atoms with Crippen molar-refractivity contribution in [2.24, 2.45) is 5.92 Å². The Balaban J connectivity index is 1.89. The van der Waals surface area contributed by atoms with Crippen molar-refractivity contribution in [3.8, 4) is 0 Å². The third kappa shape index (κ3) is 4.01. The van der Waals surface area contributed by atoms with E-state index in [2.05, 4.69) is 25.6 Å². The maximum absolute atomic E-state index is 11.1. The van der Waals surface area contributed by atoms with Crippen LogP contribution in [0.3, 0.4) is 0 Å². The molecule has 2 aromatic heterocycles. The fourth-order valence-corrected chi connectivity index (χ4v) is 3.24. The Labute approximate surface area is 152 Å². The van der Waals surface area contributed by atoms with E-state index >= 15 is 0 Å². The highest BCUT2D eigenvalue weighted by Crippen LogP contribution is 2.29. The number of nitrogens with zero attached hydrogens (tertiary/aromatic N) is 3. The van der Waals surface area contributed by atoms with E-state index < -0.39 is 12.1 Å². The summed E-state index contributed by atoms with van der Waals surface area (Å²) < 4.78 is 0. The number of rotatable bonds is 6. The third-order valence-electron chi connectivity index (χ3n) is 4.55. The number of fused-ring (bicyclic) bond motifs is 1. The van der Waals surface area contributed by atoms with E-state index in [1.54, 1.807) is 19.2 Å². The minimum absolute atomic E-state index is 0.0553. The monoisotopic (exact) mass is 359 g/mol. The van der Waals surface area contributed by atoms with E-state index in [0.29, 0.717) is 35.8 Å². The number of carboxylic acid groups (broad SMARTS) is 1. The molecule has 0 amide bonds. The highest BCUT2D eigenvalue weighted by Gasteiger charge is 2.30. The van der Waals surface area contributed by atoms with Crippen LogP contribution in [0.4, 0.5) is 11.8 Å². The summed E-state index contributed by atoms with van der Waals surface area (Å²) in [5, 5.41) is 26.3. The number of hydrogen-bond donors (Lipinski definition) is 4. The molecule has 1 unspecified atom stereocenters. The Morgan fingerprint density at radius 2 is 2.04 bits per heavy atom. The lowest BCUT2D eigenvalue weighted by Crippen LogP contribution is -2.19. The van der Waals surface area contributed by atoms with Gasteiger partial charge in [-0.15, -0.1) is 0 Å². The molecule has 0 saturated heterocycles. The number of aliphatic hydroxyl groups is 1. The van der Waals surface area contributed by atoms with E-state index in [1.165, 1.54) is 0 Å². The number of aromatic nitrogens is 3. The van der Waals surface area contributed by atoms with Gasteiger partial charge >= 0.3 is 5.97 Å². The number of carboxylic acids is 1. The lowest BCUT2D eigenvalue weighted by Gasteiger charge is -2.16. The van der Waals surface area contributed by atoms with Crippen LogP contribution in [-0.2, 0) is 4.79 Å². The van der Waals surface area contributed by atoms with Crippen molar-refractivity contribution in [1.29, 1.82) is 0 Å². The molecule has 26 heavy (non-hydrogen) atoms. The van der Waals surface area contributed by atoms with Gasteiger partial charge in [-0.3, -0.25) is 4.79 Å². The van der Waals surface area contributed by atoms with Crippen LogP contribution in [0.1, 0.15) is 51.8 Å². The molecule has 1 saturated carbocycles. The van der Waals surface area contributed by atoms with Gasteiger partial charge in [0.15, 0.2) is 5.82 Å². The maximum atomic E-state index is 11.1. The van der Waals surface area contributed by atoms with E-state index in [4.69, 9.17) is 5.11 Å². The molecule has 0 aromatic carbocycles. The van der Waals surface area contributed by atoms with Gasteiger partial charge < -0.3 is 20.8 Å². The Hall–Kier alpha value is -2.48. The van der Waals surface area contributed by atoms with Crippen molar-refractivity contribution < 1.29 is 15.0 Å². The maximum Gasteiger partial charge on any atom is 0.306 e. The fraction of sp³-hybridized carbons (Fsp3) is 0.556. The molecule has 140 valence electrons. The van der Waals surface area contributed by atoms with Crippen LogP contribution in [0.2, 0.25) is 0 Å². The minimum Gasteiger partial charge on any atom is -0.481 e. The fourth-order valence-electron chi connectivity index (χ4n) is 3.24. The molecule has 0 aliphatic heterocycles. The zero-order chi connectivity index (χ0) is 18.8. The van der Waals surface area contributed by atoms with Crippen LogP contribution >= 0.6 is 0 Å². The zero-order valence-electron chi connectivity index (χ0n) is 15.2. The zero-order valence-corrected chi connectivity index (χ0v) is 15.2. The van der Waals surface area contributed by atoms with Crippen molar-refractivity contribution in [3.05, 3.63) is 18.0 Å². The van der Waals surface area contributed by atoms with Crippen molar-refractivity contribution in [3.63, 3.8) is 0 Å². The summed E-state index contributed by atoms with van der Waals surface area (Å²) in [6, 6.07) is 2.00. The van der Waals surface area contributed by atoms with Gasteiger partial charge in [0.2, 0.25) is 5.95 Å². The highest BCUT2D eigenvalue weighted by atomic mass is 16.4. The molecular weight excluding hydrogens is 334 g/mol. The Morgan fingerprint density at radius 3 is 2.65 bits per heavy atom. The predicted octanol–water partition coefficient (Wildman–Crippen LogP) is 2.56. The Bertz CT molecular complexity index is 809. The summed E-state index contributed by atoms with van der Waals surface area (Å²) in [6.07, 6.45) is 3.05. The normalized spacial score (nSPS) is 21.1. The lowest BCUT2D eigenvalue weighted by atomic mass is 10.1. The number of pyridine rings is 1. The van der Waals surface area contributed by atoms with Gasteiger partial charge in [-0.1, -0.05) is 0 Å². The molecule has 1 aliphatic rings. The van der Waals surface area contributed by atoms with Crippen molar-refractivity contribution in [2.75, 3.05) is 10.6 Å². The number of aliphatic hydroxyl groups excluding tert-OH is 1. The van der Waals surface area contributed by atoms with E-state index in [0.717, 1.165) is 11.8 Å². The summed E-state index contributed by atoms with van der Waals surface area (Å²) in [4.78, 5) is 24.5. The van der Waals surface area contributed by atoms with Crippen LogP contribution in [0.15, 0.2) is 12.3 Å². The van der Waals surface area contributed by atoms with Gasteiger partial charge in [-0.2, -0.15) is 0 Å². The lowest BCUT2D eigenvalue weighted by molar-refractivity contribution is -0.141. The third-order valence-corrected chi connectivity index (χ3v) is 4.55. The second-order valence-corrected chi connectivity index (χ2v) is 7.19. The Kier molecular flexibility index (Phi) is 5.22. The summed E-state index contributed by atoms with van der Waals surface area (Å²) in [5.41, 5.74) is 1.23. The molecule has 1 fully saturated rings. The summed E-state index contributed by atoms with van der Waals surface area (Å²) in [6.45, 7) is 5.68. The van der Waals surface area contributed by atoms with Gasteiger partial charge in [0.1, 0.15) is 5.52 Å². The van der Waals surface area contributed by atoms with Crippen LogP contribution in [-0.4, -0.2) is 43.2 Å². The van der Waals surface area contributed by atoms with E-state index in [9.17, 15) is 9.90 Å². The SMILES string of the molecule is CC(C)Nc1nc(C(C)O)cc2cnc(N[C@@H]3CC[C@H](C(=O)O)C3)nc12. The van der Waals surface area contributed by atoms with Gasteiger partial charge in [0, 0.05) is 23.7 Å². The molecule has 8 nitrogen and oxygen atoms in total. The van der Waals surface area contributed by atoms with Crippen LogP contribution < -0.4 is 10.6 Å². The molecule has 8 heteroatoms. The molecule has 2 heterocycles. The first-order valence-electron chi connectivity index (χ1n) is 8.95. The first-order chi connectivity index (χ1) is 12.3. The van der Waals surface area contributed by atoms with Gasteiger partial charge in [-0.05, 0) is 46.1 Å². The minimum atomic E-state index is -0.744. The van der Waals surface area contributed by atoms with Gasteiger partial charge in [0.25, 0.3) is 0 Å². The molecular formula is C18H25N5O3. The molecule has 3 rings (SSSR count). The molecule has 0 spiro atoms. The molecule has 2 aromatic rings.